The van der Waals surface area contributed by atoms with E-state index in [1.54, 1.807) is 30.5 Å². The Bertz CT molecular complexity index is 1020. The van der Waals surface area contributed by atoms with Crippen molar-refractivity contribution in [3.8, 4) is 34.2 Å². The molecule has 28 heavy (non-hydrogen) atoms. The fourth-order valence-corrected chi connectivity index (χ4v) is 2.88. The van der Waals surface area contributed by atoms with Crippen LogP contribution in [-0.4, -0.2) is 33.5 Å². The third-order valence-electron chi connectivity index (χ3n) is 3.44. The van der Waals surface area contributed by atoms with E-state index in [-0.39, 0.29) is 18.9 Å². The average Bonchev–Trinajstić information content (AvgIpc) is 3.21. The number of carbonyl (C=O) groups is 2. The molecule has 10 heteroatoms. The molecule has 3 rings (SSSR count). The summed E-state index contributed by atoms with van der Waals surface area (Å²) in [6.45, 7) is -0.496. The van der Waals surface area contributed by atoms with E-state index in [1.165, 1.54) is 11.5 Å². The third-order valence-corrected chi connectivity index (χ3v) is 4.02. The Balaban J connectivity index is 0.000000878. The van der Waals surface area contributed by atoms with E-state index in [0.717, 1.165) is 5.56 Å². The molecule has 0 aliphatic heterocycles. The second-order valence-corrected chi connectivity index (χ2v) is 5.85. The zero-order valence-electron chi connectivity index (χ0n) is 14.4. The average molecular weight is 397 g/mol. The summed E-state index contributed by atoms with van der Waals surface area (Å²) in [7, 11) is 0. The number of rotatable bonds is 5. The summed E-state index contributed by atoms with van der Waals surface area (Å²) in [5.74, 6) is -0.00894. The van der Waals surface area contributed by atoms with Gasteiger partial charge in [-0.05, 0) is 29.7 Å². The molecule has 0 fully saturated rings. The van der Waals surface area contributed by atoms with Gasteiger partial charge in [-0.3, -0.25) is 9.59 Å². The topological polar surface area (TPSA) is 165 Å². The lowest BCUT2D eigenvalue weighted by molar-refractivity contribution is -0.123. The number of amides is 1. The Kier molecular flexibility index (Phi) is 7.01. The van der Waals surface area contributed by atoms with Crippen LogP contribution in [0.4, 0.5) is 5.82 Å². The van der Waals surface area contributed by atoms with E-state index >= 15 is 0 Å². The molecule has 5 N–H and O–H groups in total. The van der Waals surface area contributed by atoms with Crippen molar-refractivity contribution in [2.75, 3.05) is 12.3 Å². The van der Waals surface area contributed by atoms with Crippen LogP contribution < -0.4 is 16.2 Å². The smallest absolute Gasteiger partial charge is 0.290 e. The maximum Gasteiger partial charge on any atom is 0.290 e. The van der Waals surface area contributed by atoms with Crippen molar-refractivity contribution in [2.45, 2.75) is 0 Å². The number of hydrogen-bond acceptors (Lipinski definition) is 8. The normalized spacial score (nSPS) is 9.54. The molecule has 142 valence electrons. The van der Waals surface area contributed by atoms with Crippen LogP contribution in [0.5, 0.6) is 5.75 Å². The number of primary amides is 1. The summed E-state index contributed by atoms with van der Waals surface area (Å²) < 4.78 is 9.52. The molecule has 1 aromatic carbocycles. The van der Waals surface area contributed by atoms with E-state index in [4.69, 9.17) is 26.1 Å². The molecule has 1 amide bonds. The number of benzene rings is 1. The van der Waals surface area contributed by atoms with Crippen LogP contribution in [0.25, 0.3) is 22.4 Å². The van der Waals surface area contributed by atoms with E-state index in [9.17, 15) is 10.1 Å². The first-order chi connectivity index (χ1) is 13.5. The van der Waals surface area contributed by atoms with Gasteiger partial charge >= 0.3 is 0 Å². The number of aromatic nitrogens is 2. The fourth-order valence-electron chi connectivity index (χ4n) is 2.34. The number of para-hydroxylation sites is 1. The first kappa shape index (κ1) is 20.3. The lowest BCUT2D eigenvalue weighted by atomic mass is 10.0. The molecular formula is C18H15N5O4S. The number of anilines is 1. The van der Waals surface area contributed by atoms with Gasteiger partial charge in [0.05, 0.1) is 5.69 Å². The van der Waals surface area contributed by atoms with Gasteiger partial charge in [-0.2, -0.15) is 5.26 Å². The van der Waals surface area contributed by atoms with Crippen molar-refractivity contribution in [3.05, 3.63) is 47.5 Å². The molecule has 0 radical (unpaired) electrons. The molecule has 3 aromatic rings. The Labute approximate surface area is 164 Å². The Morgan fingerprint density at radius 2 is 2.07 bits per heavy atom. The van der Waals surface area contributed by atoms with E-state index < -0.39 is 5.91 Å². The number of nitrogens with two attached hydrogens (primary N) is 2. The largest absolute Gasteiger partial charge is 0.483 e. The van der Waals surface area contributed by atoms with Gasteiger partial charge in [-0.25, -0.2) is 9.36 Å². The Morgan fingerprint density at radius 1 is 1.36 bits per heavy atom. The number of carbonyl (C=O) groups excluding carboxylic acids is 1. The molecule has 0 saturated carbocycles. The van der Waals surface area contributed by atoms with Crippen molar-refractivity contribution in [2.24, 2.45) is 5.73 Å². The minimum Gasteiger partial charge on any atom is -0.483 e. The lowest BCUT2D eigenvalue weighted by Gasteiger charge is -2.12. The maximum absolute atomic E-state index is 11.0. The molecule has 0 unspecified atom stereocenters. The van der Waals surface area contributed by atoms with Crippen LogP contribution in [0.3, 0.4) is 0 Å². The number of nitriles is 1. The molecule has 2 aromatic heterocycles. The molecule has 0 aliphatic carbocycles. The monoisotopic (exact) mass is 397 g/mol. The van der Waals surface area contributed by atoms with E-state index in [2.05, 4.69) is 15.4 Å². The van der Waals surface area contributed by atoms with Crippen molar-refractivity contribution in [1.82, 2.24) is 9.36 Å². The van der Waals surface area contributed by atoms with Crippen LogP contribution in [0, 0.1) is 11.3 Å². The van der Waals surface area contributed by atoms with Crippen molar-refractivity contribution < 1.29 is 19.4 Å². The van der Waals surface area contributed by atoms with Crippen LogP contribution in [0.15, 0.2) is 41.9 Å². The molecule has 9 nitrogen and oxygen atoms in total. The molecule has 0 aliphatic rings. The van der Waals surface area contributed by atoms with Gasteiger partial charge in [0.25, 0.3) is 12.4 Å². The van der Waals surface area contributed by atoms with Gasteiger partial charge in [0.15, 0.2) is 6.61 Å². The van der Waals surface area contributed by atoms with Gasteiger partial charge in [0, 0.05) is 28.3 Å². The number of ether oxygens (including phenoxy) is 1. The fraction of sp³-hybridized carbons (Fsp3) is 0.0556. The molecule has 0 spiro atoms. The second-order valence-electron chi connectivity index (χ2n) is 5.20. The highest BCUT2D eigenvalue weighted by molar-refractivity contribution is 7.03. The molecule has 0 atom stereocenters. The lowest BCUT2D eigenvalue weighted by Crippen LogP contribution is -2.20. The summed E-state index contributed by atoms with van der Waals surface area (Å²) in [4.78, 5) is 23.7. The zero-order valence-corrected chi connectivity index (χ0v) is 15.2. The first-order valence-corrected chi connectivity index (χ1v) is 8.54. The number of nitrogens with zero attached hydrogens (tertiary/aromatic N) is 3. The predicted octanol–water partition coefficient (Wildman–Crippen LogP) is 1.89. The minimum absolute atomic E-state index is 0.117. The van der Waals surface area contributed by atoms with E-state index in [0.29, 0.717) is 28.1 Å². The highest BCUT2D eigenvalue weighted by atomic mass is 32.1. The van der Waals surface area contributed by atoms with Gasteiger partial charge in [-0.15, -0.1) is 0 Å². The second kappa shape index (κ2) is 9.65. The highest BCUT2D eigenvalue weighted by Crippen LogP contribution is 2.35. The number of nitrogen functional groups attached to an aromatic ring is 1. The summed E-state index contributed by atoms with van der Waals surface area (Å²) in [5, 5.41) is 18.1. The zero-order chi connectivity index (χ0) is 20.5. The standard InChI is InChI=1S/C17H13N5O2S.CH2O2/c18-6-13-12(10-7-21-25-9-10)5-14(22-17(13)20)11-3-1-2-4-15(11)24-8-16(19)23;2-1-3/h1-5,7,9H,8H2,(H2,19,23)(H2,20,22);1H,(H,2,3). The van der Waals surface area contributed by atoms with Crippen molar-refractivity contribution in [3.63, 3.8) is 0 Å². The molecule has 0 saturated heterocycles. The number of hydrogen-bond donors (Lipinski definition) is 3. The van der Waals surface area contributed by atoms with Crippen LogP contribution in [0.1, 0.15) is 5.56 Å². The van der Waals surface area contributed by atoms with Gasteiger partial charge in [0.1, 0.15) is 23.2 Å². The highest BCUT2D eigenvalue weighted by Gasteiger charge is 2.16. The molecule has 2 heterocycles. The van der Waals surface area contributed by atoms with Gasteiger partial charge < -0.3 is 21.3 Å². The van der Waals surface area contributed by atoms with Crippen LogP contribution in [-0.2, 0) is 9.59 Å². The number of carboxylic acid groups (broad SMARTS) is 1. The van der Waals surface area contributed by atoms with E-state index in [1.807, 2.05) is 11.4 Å². The summed E-state index contributed by atoms with van der Waals surface area (Å²) in [6.07, 6.45) is 1.67. The van der Waals surface area contributed by atoms with Gasteiger partial charge in [-0.1, -0.05) is 12.1 Å². The third kappa shape index (κ3) is 4.80. The summed E-state index contributed by atoms with van der Waals surface area (Å²) >= 11 is 1.28. The molecular weight excluding hydrogens is 382 g/mol. The minimum atomic E-state index is -0.577. The van der Waals surface area contributed by atoms with Crippen molar-refractivity contribution >= 4 is 29.7 Å². The quantitative estimate of drug-likeness (QED) is 0.549. The van der Waals surface area contributed by atoms with Crippen molar-refractivity contribution in [1.29, 1.82) is 5.26 Å². The Morgan fingerprint density at radius 3 is 2.68 bits per heavy atom. The summed E-state index contributed by atoms with van der Waals surface area (Å²) in [6, 6.07) is 10.9. The SMILES string of the molecule is N#Cc1c(-c2cnsc2)cc(-c2ccccc2OCC(N)=O)nc1N.O=CO. The molecule has 0 bridgehead atoms. The first-order valence-electron chi connectivity index (χ1n) is 7.70. The van der Waals surface area contributed by atoms with Crippen LogP contribution in [0.2, 0.25) is 0 Å². The Hall–Kier alpha value is -3.97. The maximum atomic E-state index is 11.0. The predicted molar refractivity (Wildman–Crippen MR) is 103 cm³/mol. The summed E-state index contributed by atoms with van der Waals surface area (Å²) in [5.41, 5.74) is 14.0. The van der Waals surface area contributed by atoms with Crippen LogP contribution >= 0.6 is 11.5 Å². The number of pyridine rings is 1. The van der Waals surface area contributed by atoms with Gasteiger partial charge in [0.2, 0.25) is 0 Å².